The number of H-pyrrole nitrogens is 1. The molecule has 1 aliphatic rings. The first-order chi connectivity index (χ1) is 13.0. The summed E-state index contributed by atoms with van der Waals surface area (Å²) in [5, 5.41) is 22.5. The number of furan rings is 1. The van der Waals surface area contributed by atoms with Gasteiger partial charge in [0.05, 0.1) is 12.1 Å². The lowest BCUT2D eigenvalue weighted by atomic mass is 9.90. The SMILES string of the molecule is NC(=O)c1cc(C(=O)N2CC(CO)(NC(=O)c3ccc(S(N)(=O)=O)o3)C2)[nH]n1. The maximum absolute atomic E-state index is 12.3. The van der Waals surface area contributed by atoms with E-state index in [1.165, 1.54) is 11.0 Å². The Bertz CT molecular complexity index is 1050. The van der Waals surface area contributed by atoms with Crippen molar-refractivity contribution in [1.29, 1.82) is 0 Å². The van der Waals surface area contributed by atoms with Gasteiger partial charge in [-0.2, -0.15) is 5.10 Å². The van der Waals surface area contributed by atoms with E-state index in [-0.39, 0.29) is 30.2 Å². The van der Waals surface area contributed by atoms with Crippen LogP contribution in [0.3, 0.4) is 0 Å². The number of likely N-dealkylation sites (tertiary alicyclic amines) is 1. The molecule has 3 rings (SSSR count). The van der Waals surface area contributed by atoms with Gasteiger partial charge < -0.3 is 25.5 Å². The smallest absolute Gasteiger partial charge is 0.287 e. The van der Waals surface area contributed by atoms with Gasteiger partial charge in [-0.3, -0.25) is 19.5 Å². The second-order valence-electron chi connectivity index (χ2n) is 6.25. The minimum absolute atomic E-state index is 0.0236. The Hall–Kier alpha value is -3.23. The molecule has 28 heavy (non-hydrogen) atoms. The van der Waals surface area contributed by atoms with Gasteiger partial charge in [0, 0.05) is 19.2 Å². The number of rotatable bonds is 6. The molecule has 1 fully saturated rings. The number of hydrogen-bond donors (Lipinski definition) is 5. The summed E-state index contributed by atoms with van der Waals surface area (Å²) in [6, 6.07) is 3.35. The minimum atomic E-state index is -4.10. The molecule has 0 atom stereocenters. The molecule has 0 saturated carbocycles. The predicted octanol–water partition coefficient (Wildman–Crippen LogP) is -2.63. The van der Waals surface area contributed by atoms with Crippen molar-refractivity contribution in [2.24, 2.45) is 10.9 Å². The first-order valence-corrected chi connectivity index (χ1v) is 9.30. The highest BCUT2D eigenvalue weighted by Gasteiger charge is 2.47. The van der Waals surface area contributed by atoms with E-state index in [1.54, 1.807) is 0 Å². The summed E-state index contributed by atoms with van der Waals surface area (Å²) >= 11 is 0. The number of aliphatic hydroxyl groups is 1. The normalized spacial score (nSPS) is 15.7. The van der Waals surface area contributed by atoms with Crippen molar-refractivity contribution in [3.05, 3.63) is 35.3 Å². The van der Waals surface area contributed by atoms with Gasteiger partial charge in [0.2, 0.25) is 5.09 Å². The standard InChI is InChI=1S/C14H16N6O7S/c15-11(22)7-3-8(19-18-7)13(24)20-4-14(5-20,6-21)17-12(23)9-1-2-10(27-9)28(16,25)26/h1-3,21H,4-6H2,(H2,15,22)(H,17,23)(H,18,19)(H2,16,25,26). The van der Waals surface area contributed by atoms with Gasteiger partial charge in [0.1, 0.15) is 5.69 Å². The fourth-order valence-corrected chi connectivity index (χ4v) is 3.14. The summed E-state index contributed by atoms with van der Waals surface area (Å²) in [7, 11) is -4.10. The molecular weight excluding hydrogens is 396 g/mol. The molecule has 7 N–H and O–H groups in total. The van der Waals surface area contributed by atoms with E-state index in [1.807, 2.05) is 0 Å². The summed E-state index contributed by atoms with van der Waals surface area (Å²) in [5.74, 6) is -2.41. The van der Waals surface area contributed by atoms with E-state index < -0.39 is 45.0 Å². The van der Waals surface area contributed by atoms with Crippen molar-refractivity contribution in [3.63, 3.8) is 0 Å². The number of primary sulfonamides is 1. The summed E-state index contributed by atoms with van der Waals surface area (Å²) < 4.78 is 27.3. The van der Waals surface area contributed by atoms with Crippen LogP contribution in [0, 0.1) is 0 Å². The molecular formula is C14H16N6O7S. The van der Waals surface area contributed by atoms with Gasteiger partial charge in [-0.25, -0.2) is 13.6 Å². The Morgan fingerprint density at radius 1 is 1.36 bits per heavy atom. The van der Waals surface area contributed by atoms with Gasteiger partial charge in [0.25, 0.3) is 27.7 Å². The molecule has 13 nitrogen and oxygen atoms in total. The highest BCUT2D eigenvalue weighted by molar-refractivity contribution is 7.89. The zero-order valence-electron chi connectivity index (χ0n) is 14.2. The van der Waals surface area contributed by atoms with Crippen LogP contribution in [-0.4, -0.2) is 71.6 Å². The first kappa shape index (κ1) is 19.5. The second kappa shape index (κ2) is 6.74. The van der Waals surface area contributed by atoms with E-state index in [0.29, 0.717) is 0 Å². The number of nitrogens with zero attached hydrogens (tertiary/aromatic N) is 2. The highest BCUT2D eigenvalue weighted by Crippen LogP contribution is 2.24. The van der Waals surface area contributed by atoms with Gasteiger partial charge in [0.15, 0.2) is 11.5 Å². The molecule has 0 bridgehead atoms. The van der Waals surface area contributed by atoms with Crippen LogP contribution < -0.4 is 16.2 Å². The van der Waals surface area contributed by atoms with Crippen molar-refractivity contribution in [2.75, 3.05) is 19.7 Å². The Labute approximate surface area is 157 Å². The van der Waals surface area contributed by atoms with Crippen molar-refractivity contribution in [2.45, 2.75) is 10.6 Å². The first-order valence-electron chi connectivity index (χ1n) is 7.75. The fraction of sp³-hybridized carbons (Fsp3) is 0.286. The van der Waals surface area contributed by atoms with E-state index >= 15 is 0 Å². The Morgan fingerprint density at radius 2 is 2.04 bits per heavy atom. The van der Waals surface area contributed by atoms with Crippen LogP contribution in [0.5, 0.6) is 0 Å². The minimum Gasteiger partial charge on any atom is -0.438 e. The van der Waals surface area contributed by atoms with Crippen molar-refractivity contribution in [1.82, 2.24) is 20.4 Å². The number of aliphatic hydroxyl groups excluding tert-OH is 1. The van der Waals surface area contributed by atoms with Crippen LogP contribution in [0.15, 0.2) is 27.7 Å². The molecule has 2 aromatic rings. The molecule has 0 aliphatic carbocycles. The van der Waals surface area contributed by atoms with Crippen LogP contribution in [0.1, 0.15) is 31.5 Å². The molecule has 3 amide bonds. The van der Waals surface area contributed by atoms with Crippen LogP contribution in [-0.2, 0) is 10.0 Å². The zero-order valence-corrected chi connectivity index (χ0v) is 15.0. The molecule has 2 aromatic heterocycles. The Kier molecular flexibility index (Phi) is 4.70. The largest absolute Gasteiger partial charge is 0.438 e. The summed E-state index contributed by atoms with van der Waals surface area (Å²) in [6.45, 7) is -0.565. The number of carbonyl (C=O) groups excluding carboxylic acids is 3. The molecule has 3 heterocycles. The summed E-state index contributed by atoms with van der Waals surface area (Å²) in [5.41, 5.74) is 3.85. The van der Waals surface area contributed by atoms with Gasteiger partial charge in [-0.1, -0.05) is 0 Å². The molecule has 1 aliphatic heterocycles. The Morgan fingerprint density at radius 3 is 2.54 bits per heavy atom. The average molecular weight is 412 g/mol. The van der Waals surface area contributed by atoms with Crippen LogP contribution in [0.4, 0.5) is 0 Å². The Balaban J connectivity index is 1.66. The van der Waals surface area contributed by atoms with Gasteiger partial charge in [-0.15, -0.1) is 0 Å². The quantitative estimate of drug-likeness (QED) is 0.337. The monoisotopic (exact) mass is 412 g/mol. The summed E-state index contributed by atoms with van der Waals surface area (Å²) in [4.78, 5) is 36.9. The molecule has 0 unspecified atom stereocenters. The number of amides is 3. The lowest BCUT2D eigenvalue weighted by Gasteiger charge is -2.49. The van der Waals surface area contributed by atoms with E-state index in [4.69, 9.17) is 15.3 Å². The van der Waals surface area contributed by atoms with Crippen molar-refractivity contribution >= 4 is 27.7 Å². The third-order valence-corrected chi connectivity index (χ3v) is 4.88. The number of sulfonamides is 1. The van der Waals surface area contributed by atoms with E-state index in [2.05, 4.69) is 15.5 Å². The molecule has 14 heteroatoms. The van der Waals surface area contributed by atoms with Crippen LogP contribution in [0.25, 0.3) is 0 Å². The molecule has 0 radical (unpaired) electrons. The molecule has 1 saturated heterocycles. The lowest BCUT2D eigenvalue weighted by molar-refractivity contribution is 0.00418. The number of nitrogens with two attached hydrogens (primary N) is 2. The number of hydrogen-bond acceptors (Lipinski definition) is 8. The lowest BCUT2D eigenvalue weighted by Crippen LogP contribution is -2.73. The number of nitrogens with one attached hydrogen (secondary N) is 2. The molecule has 0 aromatic carbocycles. The van der Waals surface area contributed by atoms with Gasteiger partial charge in [-0.05, 0) is 12.1 Å². The highest BCUT2D eigenvalue weighted by atomic mass is 32.2. The third-order valence-electron chi connectivity index (χ3n) is 4.10. The number of aromatic amines is 1. The predicted molar refractivity (Wildman–Crippen MR) is 90.4 cm³/mol. The van der Waals surface area contributed by atoms with Gasteiger partial charge >= 0.3 is 0 Å². The molecule has 150 valence electrons. The topological polar surface area (TPSA) is 215 Å². The van der Waals surface area contributed by atoms with E-state index in [0.717, 1.165) is 12.1 Å². The third kappa shape index (κ3) is 3.60. The summed E-state index contributed by atoms with van der Waals surface area (Å²) in [6.07, 6.45) is 0. The van der Waals surface area contributed by atoms with Crippen LogP contribution in [0.2, 0.25) is 0 Å². The molecule has 0 spiro atoms. The maximum Gasteiger partial charge on any atom is 0.287 e. The number of primary amides is 1. The van der Waals surface area contributed by atoms with Crippen molar-refractivity contribution < 1.29 is 32.3 Å². The maximum atomic E-state index is 12.3. The van der Waals surface area contributed by atoms with E-state index in [9.17, 15) is 27.9 Å². The second-order valence-corrected chi connectivity index (χ2v) is 7.74. The average Bonchev–Trinajstić information content (AvgIpc) is 3.25. The number of aromatic nitrogens is 2. The van der Waals surface area contributed by atoms with Crippen LogP contribution >= 0.6 is 0 Å². The number of carbonyl (C=O) groups is 3. The fourth-order valence-electron chi connectivity index (χ4n) is 2.67. The van der Waals surface area contributed by atoms with Crippen molar-refractivity contribution in [3.8, 4) is 0 Å². The zero-order chi connectivity index (χ0) is 20.7.